The molecule has 1 heterocycles. The second kappa shape index (κ2) is 8.38. The Balaban J connectivity index is 1.60. The van der Waals surface area contributed by atoms with Crippen molar-refractivity contribution in [2.45, 2.75) is 50.5 Å². The van der Waals surface area contributed by atoms with Crippen LogP contribution in [0, 0.1) is 6.92 Å². The number of benzene rings is 2. The number of rotatable bonds is 5. The minimum atomic E-state index is 0.0351. The van der Waals surface area contributed by atoms with Crippen molar-refractivity contribution >= 4 is 21.8 Å². The molecule has 4 rings (SSSR count). The summed E-state index contributed by atoms with van der Waals surface area (Å²) in [5, 5.41) is 3.32. The van der Waals surface area contributed by atoms with Crippen molar-refractivity contribution in [1.82, 2.24) is 10.2 Å². The van der Waals surface area contributed by atoms with E-state index in [9.17, 15) is 4.79 Å². The number of halogens is 1. The predicted molar refractivity (Wildman–Crippen MR) is 118 cm³/mol. The van der Waals surface area contributed by atoms with E-state index in [1.54, 1.807) is 0 Å². The molecule has 3 nitrogen and oxygen atoms in total. The van der Waals surface area contributed by atoms with Gasteiger partial charge in [0.2, 0.25) is 0 Å². The summed E-state index contributed by atoms with van der Waals surface area (Å²) in [6, 6.07) is 16.7. The maximum absolute atomic E-state index is 13.0. The molecule has 0 aromatic heterocycles. The largest absolute Gasteiger partial charge is 0.350 e. The van der Waals surface area contributed by atoms with Gasteiger partial charge < -0.3 is 5.32 Å². The van der Waals surface area contributed by atoms with Crippen molar-refractivity contribution < 1.29 is 4.79 Å². The van der Waals surface area contributed by atoms with Crippen LogP contribution in [0.25, 0.3) is 0 Å². The highest BCUT2D eigenvalue weighted by Gasteiger charge is 2.48. The predicted octanol–water partition coefficient (Wildman–Crippen LogP) is 5.29. The van der Waals surface area contributed by atoms with Crippen LogP contribution in [-0.2, 0) is 0 Å². The number of nitrogens with one attached hydrogen (secondary N) is 1. The van der Waals surface area contributed by atoms with Gasteiger partial charge in [0.25, 0.3) is 5.91 Å². The van der Waals surface area contributed by atoms with Crippen LogP contribution in [-0.4, -0.2) is 36.0 Å². The summed E-state index contributed by atoms with van der Waals surface area (Å²) in [4.78, 5) is 15.7. The van der Waals surface area contributed by atoms with Gasteiger partial charge >= 0.3 is 0 Å². The lowest BCUT2D eigenvalue weighted by atomic mass is 9.80. The fourth-order valence-corrected chi connectivity index (χ4v) is 5.63. The third-order valence-electron chi connectivity index (χ3n) is 6.76. The molecule has 0 radical (unpaired) electrons. The van der Waals surface area contributed by atoms with E-state index < -0.39 is 0 Å². The molecule has 1 amide bonds. The van der Waals surface area contributed by atoms with Gasteiger partial charge in [-0.2, -0.15) is 0 Å². The molecule has 2 atom stereocenters. The molecule has 2 aromatic carbocycles. The van der Waals surface area contributed by atoms with E-state index in [4.69, 9.17) is 0 Å². The quantitative estimate of drug-likeness (QED) is 0.684. The average Bonchev–Trinajstić information content (AvgIpc) is 3.39. The number of hydrogen-bond acceptors (Lipinski definition) is 2. The van der Waals surface area contributed by atoms with Gasteiger partial charge in [-0.3, -0.25) is 9.69 Å². The van der Waals surface area contributed by atoms with Crippen LogP contribution in [0.4, 0.5) is 0 Å². The maximum Gasteiger partial charge on any atom is 0.251 e. The molecule has 1 aliphatic heterocycles. The number of hydrogen-bond donors (Lipinski definition) is 1. The van der Waals surface area contributed by atoms with Crippen molar-refractivity contribution in [2.24, 2.45) is 0 Å². The van der Waals surface area contributed by atoms with Gasteiger partial charge in [0.1, 0.15) is 0 Å². The van der Waals surface area contributed by atoms with Crippen LogP contribution < -0.4 is 5.32 Å². The summed E-state index contributed by atoms with van der Waals surface area (Å²) in [7, 11) is 0. The van der Waals surface area contributed by atoms with Crippen LogP contribution in [0.1, 0.15) is 59.5 Å². The van der Waals surface area contributed by atoms with E-state index in [0.717, 1.165) is 41.7 Å². The number of likely N-dealkylation sites (tertiary alicyclic amines) is 1. The molecule has 148 valence electrons. The monoisotopic (exact) mass is 440 g/mol. The van der Waals surface area contributed by atoms with E-state index in [1.165, 1.54) is 31.2 Å². The smallest absolute Gasteiger partial charge is 0.251 e. The molecular formula is C24H29BrN2O. The zero-order chi connectivity index (χ0) is 19.6. The Morgan fingerprint density at radius 2 is 1.86 bits per heavy atom. The van der Waals surface area contributed by atoms with Gasteiger partial charge in [-0.25, -0.2) is 0 Å². The van der Waals surface area contributed by atoms with Crippen molar-refractivity contribution in [2.75, 3.05) is 19.6 Å². The first-order chi connectivity index (χ1) is 13.6. The summed E-state index contributed by atoms with van der Waals surface area (Å²) in [6.45, 7) is 5.01. The van der Waals surface area contributed by atoms with Gasteiger partial charge in [-0.15, -0.1) is 0 Å². The molecule has 2 unspecified atom stereocenters. The summed E-state index contributed by atoms with van der Waals surface area (Å²) in [6.07, 6.45) is 6.11. The second-order valence-electron chi connectivity index (χ2n) is 8.25. The summed E-state index contributed by atoms with van der Waals surface area (Å²) < 4.78 is 0.984. The van der Waals surface area contributed by atoms with Gasteiger partial charge in [0, 0.05) is 28.0 Å². The van der Waals surface area contributed by atoms with Crippen LogP contribution in [0.3, 0.4) is 0 Å². The number of carbonyl (C=O) groups is 1. The Kier molecular flexibility index (Phi) is 5.88. The van der Waals surface area contributed by atoms with Crippen molar-refractivity contribution in [3.05, 3.63) is 69.7 Å². The normalized spacial score (nSPS) is 25.1. The fourth-order valence-electron chi connectivity index (χ4n) is 5.26. The van der Waals surface area contributed by atoms with Gasteiger partial charge in [0.05, 0.1) is 0 Å². The number of carbonyl (C=O) groups excluding carboxylic acids is 1. The van der Waals surface area contributed by atoms with E-state index in [2.05, 4.69) is 56.5 Å². The molecule has 0 bridgehead atoms. The van der Waals surface area contributed by atoms with E-state index in [1.807, 2.05) is 25.1 Å². The standard InChI is InChI=1S/C24H29BrN2O/c1-18-20(11-7-13-22(18)25)23(28)26-17-24(27-15-5-6-16-27)14-8-12-21(24)19-9-3-2-4-10-19/h2-4,7,9-11,13,21H,5-6,8,12,14-17H2,1H3,(H,26,28). The molecule has 1 saturated heterocycles. The van der Waals surface area contributed by atoms with Crippen molar-refractivity contribution in [3.8, 4) is 0 Å². The number of nitrogens with zero attached hydrogens (tertiary/aromatic N) is 1. The first-order valence-electron chi connectivity index (χ1n) is 10.5. The Bertz CT molecular complexity index is 832. The topological polar surface area (TPSA) is 32.3 Å². The Morgan fingerprint density at radius 3 is 2.61 bits per heavy atom. The average molecular weight is 441 g/mol. The molecule has 1 saturated carbocycles. The molecule has 1 N–H and O–H groups in total. The highest BCUT2D eigenvalue weighted by Crippen LogP contribution is 2.47. The molecule has 28 heavy (non-hydrogen) atoms. The SMILES string of the molecule is Cc1c(Br)cccc1C(=O)NCC1(N2CCCC2)CCCC1c1ccccc1. The van der Waals surface area contributed by atoms with Crippen LogP contribution in [0.5, 0.6) is 0 Å². The van der Waals surface area contributed by atoms with Crippen LogP contribution >= 0.6 is 15.9 Å². The lowest BCUT2D eigenvalue weighted by Gasteiger charge is -2.44. The summed E-state index contributed by atoms with van der Waals surface area (Å²) in [5.41, 5.74) is 3.22. The molecule has 2 aliphatic rings. The molecule has 1 aliphatic carbocycles. The lowest BCUT2D eigenvalue weighted by Crippen LogP contribution is -2.56. The van der Waals surface area contributed by atoms with E-state index in [-0.39, 0.29) is 11.4 Å². The molecule has 4 heteroatoms. The molecular weight excluding hydrogens is 412 g/mol. The van der Waals surface area contributed by atoms with Crippen LogP contribution in [0.2, 0.25) is 0 Å². The maximum atomic E-state index is 13.0. The molecule has 0 spiro atoms. The zero-order valence-corrected chi connectivity index (χ0v) is 18.2. The van der Waals surface area contributed by atoms with E-state index in [0.29, 0.717) is 5.92 Å². The third-order valence-corrected chi connectivity index (χ3v) is 7.62. The summed E-state index contributed by atoms with van der Waals surface area (Å²) in [5.74, 6) is 0.520. The zero-order valence-electron chi connectivity index (χ0n) is 16.6. The minimum Gasteiger partial charge on any atom is -0.350 e. The third kappa shape index (κ3) is 3.65. The van der Waals surface area contributed by atoms with Crippen molar-refractivity contribution in [3.63, 3.8) is 0 Å². The van der Waals surface area contributed by atoms with Gasteiger partial charge in [0.15, 0.2) is 0 Å². The van der Waals surface area contributed by atoms with Crippen molar-refractivity contribution in [1.29, 1.82) is 0 Å². The van der Waals surface area contributed by atoms with Crippen LogP contribution in [0.15, 0.2) is 53.0 Å². The van der Waals surface area contributed by atoms with Gasteiger partial charge in [-0.1, -0.05) is 58.7 Å². The summed E-state index contributed by atoms with van der Waals surface area (Å²) >= 11 is 3.55. The first kappa shape index (κ1) is 19.7. The lowest BCUT2D eigenvalue weighted by molar-refractivity contribution is 0.0810. The van der Waals surface area contributed by atoms with E-state index >= 15 is 0 Å². The number of amides is 1. The van der Waals surface area contributed by atoms with Gasteiger partial charge in [-0.05, 0) is 69.0 Å². The highest BCUT2D eigenvalue weighted by atomic mass is 79.9. The Morgan fingerprint density at radius 1 is 1.11 bits per heavy atom. The second-order valence-corrected chi connectivity index (χ2v) is 9.10. The molecule has 2 aromatic rings. The molecule has 2 fully saturated rings. The fraction of sp³-hybridized carbons (Fsp3) is 0.458. The Hall–Kier alpha value is -1.65. The first-order valence-corrected chi connectivity index (χ1v) is 11.2. The highest BCUT2D eigenvalue weighted by molar-refractivity contribution is 9.10. The Labute approximate surface area is 176 Å². The minimum absolute atomic E-state index is 0.0351.